The molecular formula is C9H11F3O. The molecule has 1 nitrogen and oxygen atoms in total. The Morgan fingerprint density at radius 3 is 2.38 bits per heavy atom. The Balaban J connectivity index is 2.17. The molecule has 1 saturated carbocycles. The predicted octanol–water partition coefficient (Wildman–Crippen LogP) is 2.27. The number of alkyl halides is 3. The van der Waals surface area contributed by atoms with Crippen molar-refractivity contribution < 1.29 is 18.3 Å². The molecule has 0 amide bonds. The van der Waals surface area contributed by atoms with Gasteiger partial charge >= 0.3 is 6.18 Å². The first kappa shape index (κ1) is 9.06. The smallest absolute Gasteiger partial charge is 0.380 e. The Hall–Kier alpha value is -0.510. The minimum atomic E-state index is -4.46. The van der Waals surface area contributed by atoms with Crippen molar-refractivity contribution in [3.8, 4) is 0 Å². The van der Waals surface area contributed by atoms with Crippen molar-refractivity contribution in [2.75, 3.05) is 0 Å². The highest BCUT2D eigenvalue weighted by atomic mass is 19.4. The summed E-state index contributed by atoms with van der Waals surface area (Å²) in [5, 5.41) is 9.38. The van der Waals surface area contributed by atoms with E-state index < -0.39 is 17.7 Å². The number of halogens is 3. The Kier molecular flexibility index (Phi) is 1.74. The van der Waals surface area contributed by atoms with Crippen molar-refractivity contribution in [1.29, 1.82) is 0 Å². The highest BCUT2D eigenvalue weighted by Gasteiger charge is 2.66. The molecule has 0 radical (unpaired) electrons. The lowest BCUT2D eigenvalue weighted by Crippen LogP contribution is -2.63. The predicted molar refractivity (Wildman–Crippen MR) is 41.0 cm³/mol. The van der Waals surface area contributed by atoms with Gasteiger partial charge < -0.3 is 5.11 Å². The fourth-order valence-electron chi connectivity index (χ4n) is 2.40. The summed E-state index contributed by atoms with van der Waals surface area (Å²) in [7, 11) is 0. The Morgan fingerprint density at radius 2 is 1.85 bits per heavy atom. The van der Waals surface area contributed by atoms with E-state index in [2.05, 4.69) is 0 Å². The zero-order chi connectivity index (χ0) is 9.69. The standard InChI is InChI=1S/C9H11F3O/c10-9(11,12)8(13)5-6-3-1-2-4-7(6)8/h1-2,6-7,13H,3-5H2. The maximum absolute atomic E-state index is 12.4. The summed E-state index contributed by atoms with van der Waals surface area (Å²) in [6.07, 6.45) is 0.0999. The minimum Gasteiger partial charge on any atom is -0.380 e. The molecule has 74 valence electrons. The van der Waals surface area contributed by atoms with Gasteiger partial charge in [0.1, 0.15) is 0 Å². The molecule has 2 rings (SSSR count). The van der Waals surface area contributed by atoms with Gasteiger partial charge in [-0.1, -0.05) is 12.2 Å². The largest absolute Gasteiger partial charge is 0.417 e. The topological polar surface area (TPSA) is 20.2 Å². The molecule has 0 aromatic heterocycles. The molecule has 0 heterocycles. The van der Waals surface area contributed by atoms with Gasteiger partial charge in [-0.2, -0.15) is 13.2 Å². The van der Waals surface area contributed by atoms with Crippen LogP contribution in [0.3, 0.4) is 0 Å². The van der Waals surface area contributed by atoms with Gasteiger partial charge in [0, 0.05) is 5.92 Å². The van der Waals surface area contributed by atoms with Crippen LogP contribution in [-0.2, 0) is 0 Å². The van der Waals surface area contributed by atoms with Crippen LogP contribution in [0.5, 0.6) is 0 Å². The fourth-order valence-corrected chi connectivity index (χ4v) is 2.40. The minimum absolute atomic E-state index is 0.0385. The van der Waals surface area contributed by atoms with E-state index in [-0.39, 0.29) is 12.3 Å². The first-order chi connectivity index (χ1) is 5.95. The van der Waals surface area contributed by atoms with Gasteiger partial charge in [0.15, 0.2) is 5.60 Å². The van der Waals surface area contributed by atoms with Gasteiger partial charge in [0.2, 0.25) is 0 Å². The Morgan fingerprint density at radius 1 is 1.23 bits per heavy atom. The van der Waals surface area contributed by atoms with Crippen molar-refractivity contribution in [2.45, 2.75) is 31.0 Å². The van der Waals surface area contributed by atoms with E-state index in [1.165, 1.54) is 0 Å². The molecule has 1 fully saturated rings. The normalized spacial score (nSPS) is 44.0. The van der Waals surface area contributed by atoms with E-state index in [1.54, 1.807) is 6.08 Å². The van der Waals surface area contributed by atoms with E-state index in [1.807, 2.05) is 6.08 Å². The van der Waals surface area contributed by atoms with Crippen LogP contribution < -0.4 is 0 Å². The molecule has 0 aromatic rings. The molecule has 0 aliphatic heterocycles. The molecule has 0 bridgehead atoms. The number of fused-ring (bicyclic) bond motifs is 1. The van der Waals surface area contributed by atoms with Crippen LogP contribution >= 0.6 is 0 Å². The van der Waals surface area contributed by atoms with E-state index in [0.717, 1.165) is 0 Å². The van der Waals surface area contributed by atoms with Gasteiger partial charge in [0.05, 0.1) is 0 Å². The number of hydrogen-bond acceptors (Lipinski definition) is 1. The fraction of sp³-hybridized carbons (Fsp3) is 0.778. The third-order valence-corrected chi connectivity index (χ3v) is 3.24. The van der Waals surface area contributed by atoms with Crippen LogP contribution in [0.25, 0.3) is 0 Å². The average molecular weight is 192 g/mol. The number of rotatable bonds is 0. The van der Waals surface area contributed by atoms with Crippen LogP contribution in [0.4, 0.5) is 13.2 Å². The molecule has 2 aliphatic rings. The van der Waals surface area contributed by atoms with Crippen molar-refractivity contribution in [3.63, 3.8) is 0 Å². The molecule has 0 aromatic carbocycles. The summed E-state index contributed by atoms with van der Waals surface area (Å²) in [5.74, 6) is -0.561. The van der Waals surface area contributed by atoms with Crippen molar-refractivity contribution >= 4 is 0 Å². The third-order valence-electron chi connectivity index (χ3n) is 3.24. The van der Waals surface area contributed by atoms with Crippen LogP contribution in [-0.4, -0.2) is 16.9 Å². The van der Waals surface area contributed by atoms with E-state index in [4.69, 9.17) is 0 Å². The number of aliphatic hydroxyl groups is 1. The molecule has 0 spiro atoms. The lowest BCUT2D eigenvalue weighted by Gasteiger charge is -2.53. The summed E-state index contributed by atoms with van der Waals surface area (Å²) >= 11 is 0. The number of hydrogen-bond donors (Lipinski definition) is 1. The van der Waals surface area contributed by atoms with Crippen LogP contribution in [0.15, 0.2) is 12.2 Å². The Labute approximate surface area is 74.2 Å². The van der Waals surface area contributed by atoms with Gasteiger partial charge in [-0.25, -0.2) is 0 Å². The van der Waals surface area contributed by atoms with Gasteiger partial charge in [-0.15, -0.1) is 0 Å². The van der Waals surface area contributed by atoms with Crippen LogP contribution in [0, 0.1) is 11.8 Å². The quantitative estimate of drug-likeness (QED) is 0.584. The van der Waals surface area contributed by atoms with Crippen molar-refractivity contribution in [1.82, 2.24) is 0 Å². The Bertz CT molecular complexity index is 246. The zero-order valence-corrected chi connectivity index (χ0v) is 7.01. The first-order valence-electron chi connectivity index (χ1n) is 4.39. The van der Waals surface area contributed by atoms with Gasteiger partial charge in [0.25, 0.3) is 0 Å². The third kappa shape index (κ3) is 1.11. The lowest BCUT2D eigenvalue weighted by molar-refractivity contribution is -0.326. The van der Waals surface area contributed by atoms with Crippen molar-refractivity contribution in [3.05, 3.63) is 12.2 Å². The summed E-state index contributed by atoms with van der Waals surface area (Å²) in [6.45, 7) is 0. The highest BCUT2D eigenvalue weighted by molar-refractivity contribution is 5.13. The molecule has 13 heavy (non-hydrogen) atoms. The van der Waals surface area contributed by atoms with E-state index in [9.17, 15) is 18.3 Å². The summed E-state index contributed by atoms with van der Waals surface area (Å²) in [6, 6.07) is 0. The second-order valence-corrected chi connectivity index (χ2v) is 3.94. The summed E-state index contributed by atoms with van der Waals surface area (Å²) < 4.78 is 37.1. The first-order valence-corrected chi connectivity index (χ1v) is 4.39. The molecule has 3 atom stereocenters. The van der Waals surface area contributed by atoms with E-state index in [0.29, 0.717) is 12.8 Å². The van der Waals surface area contributed by atoms with Gasteiger partial charge in [-0.3, -0.25) is 0 Å². The summed E-state index contributed by atoms with van der Waals surface area (Å²) in [4.78, 5) is 0. The molecule has 2 aliphatic carbocycles. The zero-order valence-electron chi connectivity index (χ0n) is 7.01. The number of allylic oxidation sites excluding steroid dienone is 2. The van der Waals surface area contributed by atoms with Crippen LogP contribution in [0.2, 0.25) is 0 Å². The highest BCUT2D eigenvalue weighted by Crippen LogP contribution is 2.56. The molecular weight excluding hydrogens is 181 g/mol. The SMILES string of the molecule is OC1(C(F)(F)F)CC2CC=CCC21. The molecule has 1 N–H and O–H groups in total. The average Bonchev–Trinajstić information content (AvgIpc) is 2.00. The lowest BCUT2D eigenvalue weighted by atomic mass is 9.57. The summed E-state index contributed by atoms with van der Waals surface area (Å²) in [5.41, 5.74) is -2.40. The van der Waals surface area contributed by atoms with E-state index >= 15 is 0 Å². The second-order valence-electron chi connectivity index (χ2n) is 3.94. The monoisotopic (exact) mass is 192 g/mol. The van der Waals surface area contributed by atoms with Gasteiger partial charge in [-0.05, 0) is 25.2 Å². The molecule has 0 saturated heterocycles. The van der Waals surface area contributed by atoms with Crippen molar-refractivity contribution in [2.24, 2.45) is 11.8 Å². The van der Waals surface area contributed by atoms with Crippen LogP contribution in [0.1, 0.15) is 19.3 Å². The maximum atomic E-state index is 12.4. The molecule has 3 unspecified atom stereocenters. The molecule has 4 heteroatoms. The second kappa shape index (κ2) is 2.50. The maximum Gasteiger partial charge on any atom is 0.417 e.